The van der Waals surface area contributed by atoms with Gasteiger partial charge >= 0.3 is 0 Å². The van der Waals surface area contributed by atoms with Crippen LogP contribution < -0.4 is 15.2 Å². The first-order chi connectivity index (χ1) is 13.5. The largest absolute Gasteiger partial charge is 0.494 e. The summed E-state index contributed by atoms with van der Waals surface area (Å²) in [6, 6.07) is 10.4. The Morgan fingerprint density at radius 2 is 1.96 bits per heavy atom. The molecule has 0 bridgehead atoms. The summed E-state index contributed by atoms with van der Waals surface area (Å²) in [4.78, 5) is 21.7. The van der Waals surface area contributed by atoms with Crippen molar-refractivity contribution in [2.45, 2.75) is 12.5 Å². The predicted molar refractivity (Wildman–Crippen MR) is 108 cm³/mol. The van der Waals surface area contributed by atoms with Crippen LogP contribution in [0.2, 0.25) is 0 Å². The normalized spacial score (nSPS) is 16.9. The van der Waals surface area contributed by atoms with E-state index in [4.69, 9.17) is 4.74 Å². The van der Waals surface area contributed by atoms with Gasteiger partial charge in [0, 0.05) is 31.4 Å². The van der Waals surface area contributed by atoms with E-state index in [1.807, 2.05) is 6.07 Å². The SMILES string of the molecule is COc1ccc(-c2ccc3nc(N4CC[C@@H](N(C)C)C4)cc(=O)n3c2)cc1F. The number of likely N-dealkylation sites (N-methyl/N-ethyl adjacent to an activating group) is 1. The van der Waals surface area contributed by atoms with E-state index < -0.39 is 5.82 Å². The van der Waals surface area contributed by atoms with E-state index in [0.717, 1.165) is 25.1 Å². The number of fused-ring (bicyclic) bond motifs is 1. The van der Waals surface area contributed by atoms with Crippen molar-refractivity contribution in [2.75, 3.05) is 39.2 Å². The Balaban J connectivity index is 1.69. The van der Waals surface area contributed by atoms with Gasteiger partial charge in [-0.05, 0) is 55.9 Å². The number of halogens is 1. The van der Waals surface area contributed by atoms with Crippen LogP contribution in [0.15, 0.2) is 47.4 Å². The average molecular weight is 382 g/mol. The third-order valence-electron chi connectivity index (χ3n) is 5.35. The molecule has 0 aliphatic carbocycles. The Bertz CT molecular complexity index is 1080. The molecule has 1 aliphatic rings. The molecule has 3 heterocycles. The van der Waals surface area contributed by atoms with Gasteiger partial charge in [0.25, 0.3) is 5.56 Å². The zero-order chi connectivity index (χ0) is 19.8. The molecule has 28 heavy (non-hydrogen) atoms. The lowest BCUT2D eigenvalue weighted by Crippen LogP contribution is -2.32. The number of benzene rings is 1. The van der Waals surface area contributed by atoms with E-state index in [9.17, 15) is 9.18 Å². The van der Waals surface area contributed by atoms with Crippen molar-refractivity contribution in [3.8, 4) is 16.9 Å². The topological polar surface area (TPSA) is 50.1 Å². The second-order valence-corrected chi connectivity index (χ2v) is 7.30. The summed E-state index contributed by atoms with van der Waals surface area (Å²) in [6.07, 6.45) is 2.75. The minimum atomic E-state index is -0.439. The molecule has 1 fully saturated rings. The fraction of sp³-hybridized carbons (Fsp3) is 0.333. The Morgan fingerprint density at radius 1 is 1.18 bits per heavy atom. The number of nitrogens with zero attached hydrogens (tertiary/aromatic N) is 4. The van der Waals surface area contributed by atoms with Crippen molar-refractivity contribution >= 4 is 11.5 Å². The fourth-order valence-corrected chi connectivity index (χ4v) is 3.64. The summed E-state index contributed by atoms with van der Waals surface area (Å²) >= 11 is 0. The molecule has 146 valence electrons. The number of rotatable bonds is 4. The third-order valence-corrected chi connectivity index (χ3v) is 5.35. The van der Waals surface area contributed by atoms with Gasteiger partial charge in [0.2, 0.25) is 0 Å². The second-order valence-electron chi connectivity index (χ2n) is 7.30. The summed E-state index contributed by atoms with van der Waals surface area (Å²) in [6.45, 7) is 1.74. The molecule has 7 heteroatoms. The van der Waals surface area contributed by atoms with Gasteiger partial charge in [0.05, 0.1) is 7.11 Å². The monoisotopic (exact) mass is 382 g/mol. The van der Waals surface area contributed by atoms with E-state index in [0.29, 0.717) is 23.1 Å². The van der Waals surface area contributed by atoms with Crippen LogP contribution >= 0.6 is 0 Å². The zero-order valence-corrected chi connectivity index (χ0v) is 16.2. The number of ether oxygens (including phenoxy) is 1. The molecule has 1 aliphatic heterocycles. The number of pyridine rings is 1. The zero-order valence-electron chi connectivity index (χ0n) is 16.2. The van der Waals surface area contributed by atoms with Crippen molar-refractivity contribution in [3.05, 3.63) is 58.8 Å². The number of anilines is 1. The van der Waals surface area contributed by atoms with Crippen LogP contribution in [0.3, 0.4) is 0 Å². The molecule has 0 unspecified atom stereocenters. The molecule has 0 N–H and O–H groups in total. The molecule has 2 aromatic heterocycles. The van der Waals surface area contributed by atoms with Gasteiger partial charge in [-0.25, -0.2) is 9.37 Å². The third kappa shape index (κ3) is 3.33. The maximum Gasteiger partial charge on any atom is 0.259 e. The smallest absolute Gasteiger partial charge is 0.259 e. The van der Waals surface area contributed by atoms with E-state index in [2.05, 4.69) is 28.9 Å². The molecular weight excluding hydrogens is 359 g/mol. The van der Waals surface area contributed by atoms with Gasteiger partial charge in [-0.3, -0.25) is 9.20 Å². The van der Waals surface area contributed by atoms with Gasteiger partial charge in [-0.2, -0.15) is 0 Å². The highest BCUT2D eigenvalue weighted by atomic mass is 19.1. The highest BCUT2D eigenvalue weighted by Gasteiger charge is 2.25. The van der Waals surface area contributed by atoms with Crippen LogP contribution in [0.25, 0.3) is 16.8 Å². The maximum atomic E-state index is 14.0. The lowest BCUT2D eigenvalue weighted by Gasteiger charge is -2.21. The Labute approximate surface area is 162 Å². The summed E-state index contributed by atoms with van der Waals surface area (Å²) in [7, 11) is 5.57. The van der Waals surface area contributed by atoms with Crippen LogP contribution in [0.1, 0.15) is 6.42 Å². The van der Waals surface area contributed by atoms with Crippen molar-refractivity contribution in [3.63, 3.8) is 0 Å². The molecule has 0 amide bonds. The van der Waals surface area contributed by atoms with Crippen LogP contribution in [0.5, 0.6) is 5.75 Å². The summed E-state index contributed by atoms with van der Waals surface area (Å²) in [5, 5.41) is 0. The molecule has 0 radical (unpaired) electrons. The highest BCUT2D eigenvalue weighted by molar-refractivity contribution is 5.66. The Morgan fingerprint density at radius 3 is 2.64 bits per heavy atom. The van der Waals surface area contributed by atoms with E-state index in [-0.39, 0.29) is 11.3 Å². The van der Waals surface area contributed by atoms with Crippen molar-refractivity contribution in [1.29, 1.82) is 0 Å². The summed E-state index contributed by atoms with van der Waals surface area (Å²) < 4.78 is 20.5. The first kappa shape index (κ1) is 18.4. The van der Waals surface area contributed by atoms with Crippen LogP contribution in [-0.2, 0) is 0 Å². The number of aromatic nitrogens is 2. The van der Waals surface area contributed by atoms with Gasteiger partial charge < -0.3 is 14.5 Å². The molecule has 1 atom stereocenters. The quantitative estimate of drug-likeness (QED) is 0.694. The Kier molecular flexibility index (Phi) is 4.77. The molecule has 0 spiro atoms. The predicted octanol–water partition coefficient (Wildman–Crippen LogP) is 2.65. The number of hydrogen-bond donors (Lipinski definition) is 0. The van der Waals surface area contributed by atoms with Crippen molar-refractivity contribution in [2.24, 2.45) is 0 Å². The summed E-state index contributed by atoms with van der Waals surface area (Å²) in [5.41, 5.74) is 1.83. The standard InChI is InChI=1S/C21H23FN4O2/c1-24(2)16-8-9-25(13-16)20-11-21(27)26-12-15(5-7-19(26)23-20)14-4-6-18(28-3)17(22)10-14/h4-7,10-12,16H,8-9,13H2,1-3H3/t16-/m1/s1. The lowest BCUT2D eigenvalue weighted by molar-refractivity contribution is 0.315. The molecular formula is C21H23FN4O2. The number of hydrogen-bond acceptors (Lipinski definition) is 5. The van der Waals surface area contributed by atoms with Crippen LogP contribution in [0, 0.1) is 5.82 Å². The fourth-order valence-electron chi connectivity index (χ4n) is 3.64. The van der Waals surface area contributed by atoms with Crippen LogP contribution in [0.4, 0.5) is 10.2 Å². The van der Waals surface area contributed by atoms with Gasteiger partial charge in [-0.15, -0.1) is 0 Å². The van der Waals surface area contributed by atoms with E-state index in [1.54, 1.807) is 30.5 Å². The van der Waals surface area contributed by atoms with E-state index >= 15 is 0 Å². The van der Waals surface area contributed by atoms with Crippen molar-refractivity contribution < 1.29 is 9.13 Å². The molecule has 1 aromatic carbocycles. The van der Waals surface area contributed by atoms with E-state index in [1.165, 1.54) is 17.6 Å². The highest BCUT2D eigenvalue weighted by Crippen LogP contribution is 2.26. The molecule has 6 nitrogen and oxygen atoms in total. The lowest BCUT2D eigenvalue weighted by atomic mass is 10.1. The van der Waals surface area contributed by atoms with Crippen molar-refractivity contribution in [1.82, 2.24) is 14.3 Å². The average Bonchev–Trinajstić information content (AvgIpc) is 3.18. The first-order valence-electron chi connectivity index (χ1n) is 9.25. The maximum absolute atomic E-state index is 14.0. The minimum Gasteiger partial charge on any atom is -0.494 e. The van der Waals surface area contributed by atoms with Gasteiger partial charge in [0.15, 0.2) is 11.6 Å². The molecule has 1 saturated heterocycles. The Hall–Kier alpha value is -2.93. The summed E-state index contributed by atoms with van der Waals surface area (Å²) in [5.74, 6) is 0.456. The number of methoxy groups -OCH3 is 1. The second kappa shape index (κ2) is 7.24. The van der Waals surface area contributed by atoms with Crippen LogP contribution in [-0.4, -0.2) is 54.6 Å². The minimum absolute atomic E-state index is 0.149. The van der Waals surface area contributed by atoms with Gasteiger partial charge in [-0.1, -0.05) is 6.07 Å². The molecule has 0 saturated carbocycles. The van der Waals surface area contributed by atoms with Gasteiger partial charge in [0.1, 0.15) is 11.5 Å². The first-order valence-corrected chi connectivity index (χ1v) is 9.25. The molecule has 4 rings (SSSR count). The molecule has 3 aromatic rings.